The van der Waals surface area contributed by atoms with E-state index in [-0.39, 0.29) is 36.7 Å². The Balaban J connectivity index is 1.98. The minimum absolute atomic E-state index is 0.0896. The van der Waals surface area contributed by atoms with Gasteiger partial charge in [0.2, 0.25) is 5.91 Å². The Morgan fingerprint density at radius 1 is 1.22 bits per heavy atom. The molecule has 5 nitrogen and oxygen atoms in total. The number of hydrogen-bond acceptors (Lipinski definition) is 3. The van der Waals surface area contributed by atoms with Crippen LogP contribution in [-0.4, -0.2) is 47.6 Å². The number of benzene rings is 1. The Hall–Kier alpha value is -2.09. The highest BCUT2D eigenvalue weighted by molar-refractivity contribution is 5.99. The van der Waals surface area contributed by atoms with Crippen LogP contribution in [0.25, 0.3) is 0 Å². The molecular weight excluding hydrogens is 313 g/mol. The van der Waals surface area contributed by atoms with Crippen LogP contribution in [0, 0.1) is 0 Å². The SMILES string of the molecule is O=C(c1cc(N2CCCC2=O)cc(C(F)(F)F)c1)N1CC(O)C1. The molecular formula is C15H15F3N2O3. The number of rotatable bonds is 2. The van der Waals surface area contributed by atoms with Crippen LogP contribution < -0.4 is 4.90 Å². The summed E-state index contributed by atoms with van der Waals surface area (Å²) in [7, 11) is 0. The fourth-order valence-corrected chi connectivity index (χ4v) is 2.78. The van der Waals surface area contributed by atoms with Gasteiger partial charge in [0, 0.05) is 37.3 Å². The average Bonchev–Trinajstić information content (AvgIpc) is 2.88. The molecule has 2 aliphatic rings. The molecule has 0 spiro atoms. The minimum Gasteiger partial charge on any atom is -0.389 e. The predicted molar refractivity (Wildman–Crippen MR) is 74.9 cm³/mol. The van der Waals surface area contributed by atoms with E-state index >= 15 is 0 Å². The molecule has 0 radical (unpaired) electrons. The first-order valence-electron chi connectivity index (χ1n) is 7.25. The molecule has 0 aliphatic carbocycles. The molecule has 1 aromatic rings. The molecule has 2 fully saturated rings. The second-order valence-corrected chi connectivity index (χ2v) is 5.78. The molecule has 8 heteroatoms. The largest absolute Gasteiger partial charge is 0.416 e. The van der Waals surface area contributed by atoms with Crippen molar-refractivity contribution in [2.75, 3.05) is 24.5 Å². The van der Waals surface area contributed by atoms with E-state index in [4.69, 9.17) is 0 Å². The lowest BCUT2D eigenvalue weighted by Crippen LogP contribution is -2.53. The van der Waals surface area contributed by atoms with Crippen LogP contribution >= 0.6 is 0 Å². The van der Waals surface area contributed by atoms with E-state index in [0.717, 1.165) is 12.1 Å². The van der Waals surface area contributed by atoms with Crippen molar-refractivity contribution in [1.82, 2.24) is 4.90 Å². The van der Waals surface area contributed by atoms with Gasteiger partial charge >= 0.3 is 6.18 Å². The number of β-amino-alcohol motifs (C(OH)–C–C–N with tert-alkyl or cyclic N) is 1. The van der Waals surface area contributed by atoms with Crippen LogP contribution in [0.4, 0.5) is 18.9 Å². The third-order valence-electron chi connectivity index (χ3n) is 4.03. The van der Waals surface area contributed by atoms with Gasteiger partial charge in [0.25, 0.3) is 5.91 Å². The fourth-order valence-electron chi connectivity index (χ4n) is 2.78. The second kappa shape index (κ2) is 5.52. The number of anilines is 1. The number of hydrogen-bond donors (Lipinski definition) is 1. The number of carbonyl (C=O) groups excluding carboxylic acids is 2. The standard InChI is InChI=1S/C15H15F3N2O3/c16-15(17,18)10-4-9(14(23)19-7-12(21)8-19)5-11(6-10)20-3-1-2-13(20)22/h4-6,12,21H,1-3,7-8H2. The summed E-state index contributed by atoms with van der Waals surface area (Å²) in [5.41, 5.74) is -0.993. The maximum Gasteiger partial charge on any atom is 0.416 e. The van der Waals surface area contributed by atoms with Crippen molar-refractivity contribution in [3.05, 3.63) is 29.3 Å². The summed E-state index contributed by atoms with van der Waals surface area (Å²) in [6.45, 7) is 0.552. The number of aliphatic hydroxyl groups is 1. The Morgan fingerprint density at radius 3 is 2.43 bits per heavy atom. The predicted octanol–water partition coefficient (Wildman–Crippen LogP) is 1.65. The fraction of sp³-hybridized carbons (Fsp3) is 0.467. The van der Waals surface area contributed by atoms with Gasteiger partial charge in [-0.25, -0.2) is 0 Å². The Bertz CT molecular complexity index is 654. The van der Waals surface area contributed by atoms with E-state index in [2.05, 4.69) is 0 Å². The number of carbonyl (C=O) groups is 2. The van der Waals surface area contributed by atoms with E-state index in [9.17, 15) is 27.9 Å². The van der Waals surface area contributed by atoms with Crippen LogP contribution in [0.5, 0.6) is 0 Å². The second-order valence-electron chi connectivity index (χ2n) is 5.78. The molecule has 2 aliphatic heterocycles. The van der Waals surface area contributed by atoms with Crippen molar-refractivity contribution >= 4 is 17.5 Å². The van der Waals surface area contributed by atoms with Crippen LogP contribution in [0.15, 0.2) is 18.2 Å². The highest BCUT2D eigenvalue weighted by atomic mass is 19.4. The summed E-state index contributed by atoms with van der Waals surface area (Å²) in [4.78, 5) is 26.6. The molecule has 1 aromatic carbocycles. The smallest absolute Gasteiger partial charge is 0.389 e. The highest BCUT2D eigenvalue weighted by Gasteiger charge is 2.35. The lowest BCUT2D eigenvalue weighted by Gasteiger charge is -2.36. The lowest BCUT2D eigenvalue weighted by molar-refractivity contribution is -0.137. The summed E-state index contributed by atoms with van der Waals surface area (Å²) in [5.74, 6) is -0.823. The summed E-state index contributed by atoms with van der Waals surface area (Å²) in [5, 5.41) is 9.23. The maximum atomic E-state index is 13.1. The van der Waals surface area contributed by atoms with Crippen molar-refractivity contribution in [1.29, 1.82) is 0 Å². The Kier molecular flexibility index (Phi) is 3.79. The van der Waals surface area contributed by atoms with E-state index in [0.29, 0.717) is 13.0 Å². The average molecular weight is 328 g/mol. The van der Waals surface area contributed by atoms with Crippen LogP contribution in [0.3, 0.4) is 0 Å². The zero-order valence-electron chi connectivity index (χ0n) is 12.1. The van der Waals surface area contributed by atoms with Crippen molar-refractivity contribution in [3.63, 3.8) is 0 Å². The molecule has 3 rings (SSSR count). The molecule has 0 bridgehead atoms. The van der Waals surface area contributed by atoms with Gasteiger partial charge in [0.1, 0.15) is 0 Å². The molecule has 0 unspecified atom stereocenters. The summed E-state index contributed by atoms with van der Waals surface area (Å²) >= 11 is 0. The van der Waals surface area contributed by atoms with Gasteiger partial charge < -0.3 is 14.9 Å². The van der Waals surface area contributed by atoms with Crippen LogP contribution in [0.1, 0.15) is 28.8 Å². The monoisotopic (exact) mass is 328 g/mol. The number of aliphatic hydroxyl groups excluding tert-OH is 1. The topological polar surface area (TPSA) is 60.9 Å². The Morgan fingerprint density at radius 2 is 1.91 bits per heavy atom. The molecule has 0 saturated carbocycles. The van der Waals surface area contributed by atoms with Crippen LogP contribution in [0.2, 0.25) is 0 Å². The third-order valence-corrected chi connectivity index (χ3v) is 4.03. The van der Waals surface area contributed by atoms with Gasteiger partial charge in [-0.05, 0) is 24.6 Å². The van der Waals surface area contributed by atoms with Gasteiger partial charge in [-0.15, -0.1) is 0 Å². The van der Waals surface area contributed by atoms with E-state index in [1.165, 1.54) is 15.9 Å². The van der Waals surface area contributed by atoms with E-state index < -0.39 is 23.8 Å². The number of halogens is 3. The highest BCUT2D eigenvalue weighted by Crippen LogP contribution is 2.34. The van der Waals surface area contributed by atoms with E-state index in [1.807, 2.05) is 0 Å². The summed E-state index contributed by atoms with van der Waals surface area (Å²) in [6.07, 6.45) is -4.37. The quantitative estimate of drug-likeness (QED) is 0.898. The summed E-state index contributed by atoms with van der Waals surface area (Å²) < 4.78 is 39.3. The first-order chi connectivity index (χ1) is 10.8. The van der Waals surface area contributed by atoms with Crippen molar-refractivity contribution in [2.45, 2.75) is 25.1 Å². The third kappa shape index (κ3) is 3.03. The van der Waals surface area contributed by atoms with Gasteiger partial charge in [0.15, 0.2) is 0 Å². The van der Waals surface area contributed by atoms with Crippen LogP contribution in [-0.2, 0) is 11.0 Å². The molecule has 2 heterocycles. The number of nitrogens with zero attached hydrogens (tertiary/aromatic N) is 2. The zero-order chi connectivity index (χ0) is 16.8. The first kappa shape index (κ1) is 15.8. The van der Waals surface area contributed by atoms with Gasteiger partial charge in [-0.1, -0.05) is 0 Å². The van der Waals surface area contributed by atoms with Gasteiger partial charge in [-0.3, -0.25) is 9.59 Å². The number of alkyl halides is 3. The zero-order valence-corrected chi connectivity index (χ0v) is 12.1. The molecule has 2 saturated heterocycles. The maximum absolute atomic E-state index is 13.1. The van der Waals surface area contributed by atoms with Crippen molar-refractivity contribution < 1.29 is 27.9 Å². The molecule has 0 atom stereocenters. The number of amides is 2. The molecule has 0 aromatic heterocycles. The molecule has 23 heavy (non-hydrogen) atoms. The van der Waals surface area contributed by atoms with Crippen molar-refractivity contribution in [3.8, 4) is 0 Å². The van der Waals surface area contributed by atoms with E-state index in [1.54, 1.807) is 0 Å². The molecule has 2 amide bonds. The lowest BCUT2D eigenvalue weighted by atomic mass is 10.0. The normalized spacial score (nSPS) is 19.2. The molecule has 124 valence electrons. The first-order valence-corrected chi connectivity index (χ1v) is 7.25. The van der Waals surface area contributed by atoms with Crippen molar-refractivity contribution in [2.24, 2.45) is 0 Å². The van der Waals surface area contributed by atoms with Gasteiger partial charge in [-0.2, -0.15) is 13.2 Å². The minimum atomic E-state index is -4.61. The summed E-state index contributed by atoms with van der Waals surface area (Å²) in [6, 6.07) is 2.99. The number of likely N-dealkylation sites (tertiary alicyclic amines) is 1. The van der Waals surface area contributed by atoms with Gasteiger partial charge in [0.05, 0.1) is 11.7 Å². The molecule has 1 N–H and O–H groups in total. The Labute approximate surface area is 130 Å².